The second kappa shape index (κ2) is 5.08. The molecule has 6 nitrogen and oxygen atoms in total. The number of halogens is 1. The Morgan fingerprint density at radius 3 is 2.57 bits per heavy atom. The summed E-state index contributed by atoms with van der Waals surface area (Å²) in [6.45, 7) is 4.98. The standard InChI is InChI=1S/C13H15ClN4O2S/c1-9-3-4-12-10(2)18(6-5-17(9)12)21(19,20)11-7-15-13(14)16-8-11/h3-4,7-8,10H,5-6H2,1-2H3. The maximum absolute atomic E-state index is 12.7. The molecule has 1 aliphatic rings. The van der Waals surface area contributed by atoms with E-state index >= 15 is 0 Å². The van der Waals surface area contributed by atoms with Gasteiger partial charge in [0.1, 0.15) is 4.90 Å². The van der Waals surface area contributed by atoms with Crippen molar-refractivity contribution in [2.45, 2.75) is 31.3 Å². The number of rotatable bonds is 2. The van der Waals surface area contributed by atoms with Crippen LogP contribution in [-0.4, -0.2) is 33.8 Å². The van der Waals surface area contributed by atoms with Gasteiger partial charge in [0, 0.05) is 24.5 Å². The average molecular weight is 327 g/mol. The van der Waals surface area contributed by atoms with Gasteiger partial charge in [0.05, 0.1) is 18.4 Å². The molecule has 3 heterocycles. The lowest BCUT2D eigenvalue weighted by Crippen LogP contribution is -2.41. The predicted octanol–water partition coefficient (Wildman–Crippen LogP) is 2.01. The van der Waals surface area contributed by atoms with Crippen molar-refractivity contribution in [2.75, 3.05) is 6.54 Å². The van der Waals surface area contributed by atoms with Gasteiger partial charge in [-0.2, -0.15) is 4.31 Å². The second-order valence-electron chi connectivity index (χ2n) is 5.03. The zero-order chi connectivity index (χ0) is 15.2. The SMILES string of the molecule is Cc1ccc2n1CCN(S(=O)(=O)c1cnc(Cl)nc1)C2C. The van der Waals surface area contributed by atoms with Crippen molar-refractivity contribution in [3.05, 3.63) is 41.2 Å². The summed E-state index contributed by atoms with van der Waals surface area (Å²) in [4.78, 5) is 7.58. The van der Waals surface area contributed by atoms with Crippen molar-refractivity contribution in [3.8, 4) is 0 Å². The molecule has 112 valence electrons. The number of aryl methyl sites for hydroxylation is 1. The molecule has 1 aliphatic heterocycles. The maximum Gasteiger partial charge on any atom is 0.246 e. The second-order valence-corrected chi connectivity index (χ2v) is 7.26. The first kappa shape index (κ1) is 14.5. The van der Waals surface area contributed by atoms with E-state index in [9.17, 15) is 8.42 Å². The third kappa shape index (κ3) is 2.35. The third-order valence-electron chi connectivity index (χ3n) is 3.84. The molecule has 0 saturated carbocycles. The molecule has 0 aromatic carbocycles. The van der Waals surface area contributed by atoms with Crippen LogP contribution in [0.4, 0.5) is 0 Å². The zero-order valence-electron chi connectivity index (χ0n) is 11.7. The van der Waals surface area contributed by atoms with E-state index in [2.05, 4.69) is 14.5 Å². The third-order valence-corrected chi connectivity index (χ3v) is 5.96. The Labute approximate surface area is 128 Å². The topological polar surface area (TPSA) is 68.1 Å². The van der Waals surface area contributed by atoms with E-state index in [1.54, 1.807) is 0 Å². The smallest absolute Gasteiger partial charge is 0.246 e. The summed E-state index contributed by atoms with van der Waals surface area (Å²) in [7, 11) is -3.63. The van der Waals surface area contributed by atoms with Crippen molar-refractivity contribution >= 4 is 21.6 Å². The van der Waals surface area contributed by atoms with E-state index in [0.717, 1.165) is 11.4 Å². The van der Waals surface area contributed by atoms with E-state index in [1.807, 2.05) is 26.0 Å². The highest BCUT2D eigenvalue weighted by molar-refractivity contribution is 7.89. The first-order valence-corrected chi connectivity index (χ1v) is 8.38. The molecule has 0 N–H and O–H groups in total. The Kier molecular flexibility index (Phi) is 3.51. The van der Waals surface area contributed by atoms with Gasteiger partial charge in [-0.1, -0.05) is 0 Å². The van der Waals surface area contributed by atoms with Crippen LogP contribution in [0.3, 0.4) is 0 Å². The fraction of sp³-hybridized carbons (Fsp3) is 0.385. The Morgan fingerprint density at radius 1 is 1.24 bits per heavy atom. The Morgan fingerprint density at radius 2 is 1.90 bits per heavy atom. The summed E-state index contributed by atoms with van der Waals surface area (Å²) >= 11 is 5.61. The van der Waals surface area contributed by atoms with Gasteiger partial charge in [-0.05, 0) is 37.6 Å². The van der Waals surface area contributed by atoms with Crippen LogP contribution in [0.25, 0.3) is 0 Å². The van der Waals surface area contributed by atoms with Crippen LogP contribution < -0.4 is 0 Å². The molecule has 0 aliphatic carbocycles. The van der Waals surface area contributed by atoms with Crippen LogP contribution in [0.1, 0.15) is 24.4 Å². The average Bonchev–Trinajstić information content (AvgIpc) is 2.82. The first-order chi connectivity index (χ1) is 9.91. The number of sulfonamides is 1. The quantitative estimate of drug-likeness (QED) is 0.792. The minimum absolute atomic E-state index is 0.0325. The van der Waals surface area contributed by atoms with E-state index in [4.69, 9.17) is 11.6 Å². The molecule has 2 aromatic rings. The van der Waals surface area contributed by atoms with Crippen molar-refractivity contribution < 1.29 is 8.42 Å². The van der Waals surface area contributed by atoms with E-state index in [0.29, 0.717) is 13.1 Å². The first-order valence-electron chi connectivity index (χ1n) is 6.56. The molecule has 2 aromatic heterocycles. The van der Waals surface area contributed by atoms with Crippen LogP contribution in [-0.2, 0) is 16.6 Å². The van der Waals surface area contributed by atoms with Gasteiger partial charge in [0.2, 0.25) is 15.3 Å². The molecule has 0 saturated heterocycles. The monoisotopic (exact) mass is 326 g/mol. The summed E-state index contributed by atoms with van der Waals surface area (Å²) in [6.07, 6.45) is 2.49. The van der Waals surface area contributed by atoms with Crippen molar-refractivity contribution in [3.63, 3.8) is 0 Å². The minimum Gasteiger partial charge on any atom is -0.346 e. The zero-order valence-corrected chi connectivity index (χ0v) is 13.3. The fourth-order valence-corrected chi connectivity index (χ4v) is 4.28. The molecule has 0 fully saturated rings. The van der Waals surface area contributed by atoms with E-state index in [-0.39, 0.29) is 16.2 Å². The fourth-order valence-electron chi connectivity index (χ4n) is 2.70. The lowest BCUT2D eigenvalue weighted by Gasteiger charge is -2.34. The van der Waals surface area contributed by atoms with E-state index in [1.165, 1.54) is 16.7 Å². The number of fused-ring (bicyclic) bond motifs is 1. The van der Waals surface area contributed by atoms with Gasteiger partial charge in [0.25, 0.3) is 0 Å². The highest BCUT2D eigenvalue weighted by Gasteiger charge is 2.34. The van der Waals surface area contributed by atoms with Gasteiger partial charge in [-0.3, -0.25) is 0 Å². The molecule has 1 atom stereocenters. The predicted molar refractivity (Wildman–Crippen MR) is 78.5 cm³/mol. The van der Waals surface area contributed by atoms with Crippen LogP contribution in [0, 0.1) is 6.92 Å². The summed E-state index contributed by atoms with van der Waals surface area (Å²) in [5, 5.41) is 0.0325. The largest absolute Gasteiger partial charge is 0.346 e. The lowest BCUT2D eigenvalue weighted by molar-refractivity contribution is 0.280. The summed E-state index contributed by atoms with van der Waals surface area (Å²) < 4.78 is 29.1. The number of hydrogen-bond donors (Lipinski definition) is 0. The summed E-state index contributed by atoms with van der Waals surface area (Å²) in [5.74, 6) is 0. The molecular weight excluding hydrogens is 312 g/mol. The molecule has 3 rings (SSSR count). The number of hydrogen-bond acceptors (Lipinski definition) is 4. The lowest BCUT2D eigenvalue weighted by atomic mass is 10.2. The number of aromatic nitrogens is 3. The molecule has 0 amide bonds. The van der Waals surface area contributed by atoms with Gasteiger partial charge in [-0.25, -0.2) is 18.4 Å². The van der Waals surface area contributed by atoms with Crippen LogP contribution in [0.5, 0.6) is 0 Å². The van der Waals surface area contributed by atoms with Crippen molar-refractivity contribution in [2.24, 2.45) is 0 Å². The van der Waals surface area contributed by atoms with Gasteiger partial charge >= 0.3 is 0 Å². The van der Waals surface area contributed by atoms with Gasteiger partial charge < -0.3 is 4.57 Å². The highest BCUT2D eigenvalue weighted by atomic mass is 35.5. The Hall–Kier alpha value is -1.44. The summed E-state index contributed by atoms with van der Waals surface area (Å²) in [5.41, 5.74) is 2.14. The number of nitrogens with zero attached hydrogens (tertiary/aromatic N) is 4. The molecule has 0 spiro atoms. The van der Waals surface area contributed by atoms with Crippen LogP contribution in [0.15, 0.2) is 29.4 Å². The van der Waals surface area contributed by atoms with Crippen LogP contribution in [0.2, 0.25) is 5.28 Å². The van der Waals surface area contributed by atoms with Gasteiger partial charge in [0.15, 0.2) is 0 Å². The molecule has 8 heteroatoms. The van der Waals surface area contributed by atoms with E-state index < -0.39 is 10.0 Å². The Balaban J connectivity index is 1.99. The molecule has 1 unspecified atom stereocenters. The molecule has 0 radical (unpaired) electrons. The molecule has 0 bridgehead atoms. The van der Waals surface area contributed by atoms with Crippen LogP contribution >= 0.6 is 11.6 Å². The normalized spacial score (nSPS) is 19.5. The highest BCUT2D eigenvalue weighted by Crippen LogP contribution is 2.31. The minimum atomic E-state index is -3.63. The maximum atomic E-state index is 12.7. The van der Waals surface area contributed by atoms with Crippen molar-refractivity contribution in [1.82, 2.24) is 18.8 Å². The molecular formula is C13H15ClN4O2S. The Bertz CT molecular complexity index is 770. The summed E-state index contributed by atoms with van der Waals surface area (Å²) in [6, 6.07) is 3.75. The molecule has 21 heavy (non-hydrogen) atoms. The van der Waals surface area contributed by atoms with Crippen molar-refractivity contribution in [1.29, 1.82) is 0 Å². The van der Waals surface area contributed by atoms with Gasteiger partial charge in [-0.15, -0.1) is 0 Å².